The number of aliphatic hydroxyl groups is 2. The van der Waals surface area contributed by atoms with Crippen molar-refractivity contribution in [2.45, 2.75) is 37.9 Å². The van der Waals surface area contributed by atoms with Gasteiger partial charge in [-0.25, -0.2) is 4.98 Å². The second-order valence-corrected chi connectivity index (χ2v) is 12.2. The average molecular weight is 383 g/mol. The van der Waals surface area contributed by atoms with E-state index >= 15 is 0 Å². The molecule has 0 aromatic carbocycles. The molecule has 0 spiro atoms. The van der Waals surface area contributed by atoms with E-state index in [0.29, 0.717) is 16.7 Å². The zero-order valence-electron chi connectivity index (χ0n) is 15.1. The number of aryl methyl sites for hydroxylation is 1. The second kappa shape index (κ2) is 6.63. The van der Waals surface area contributed by atoms with Gasteiger partial charge in [-0.05, 0) is 38.9 Å². The monoisotopic (exact) mass is 383 g/mol. The Bertz CT molecular complexity index is 900. The molecule has 4 atom stereocenters. The van der Waals surface area contributed by atoms with Gasteiger partial charge in [-0.2, -0.15) is 0 Å². The van der Waals surface area contributed by atoms with E-state index in [4.69, 9.17) is 17.0 Å². The summed E-state index contributed by atoms with van der Waals surface area (Å²) >= 11 is 5.48. The first-order valence-corrected chi connectivity index (χ1v) is 11.8. The highest BCUT2D eigenvalue weighted by Crippen LogP contribution is 2.40. The van der Waals surface area contributed by atoms with Crippen LogP contribution >= 0.6 is 19.1 Å². The smallest absolute Gasteiger partial charge is 0.164 e. The molecule has 1 aliphatic heterocycles. The van der Waals surface area contributed by atoms with Crippen molar-refractivity contribution in [2.75, 3.05) is 19.5 Å². The fourth-order valence-corrected chi connectivity index (χ4v) is 4.40. The van der Waals surface area contributed by atoms with Crippen molar-refractivity contribution in [2.24, 2.45) is 7.05 Å². The topological polar surface area (TPSA) is 72.4 Å². The van der Waals surface area contributed by atoms with Crippen LogP contribution in [0, 0.1) is 11.6 Å². The van der Waals surface area contributed by atoms with Crippen LogP contribution in [0.2, 0.25) is 0 Å². The molecule has 1 aliphatic rings. The van der Waals surface area contributed by atoms with E-state index in [1.165, 1.54) is 0 Å². The second-order valence-electron chi connectivity index (χ2n) is 7.48. The van der Waals surface area contributed by atoms with Crippen LogP contribution in [0.4, 0.5) is 0 Å². The molecule has 0 unspecified atom stereocenters. The summed E-state index contributed by atoms with van der Waals surface area (Å²) in [5.41, 5.74) is 0.669. The third kappa shape index (κ3) is 3.49. The van der Waals surface area contributed by atoms with E-state index in [-0.39, 0.29) is 0 Å². The predicted octanol–water partition coefficient (Wildman–Crippen LogP) is 2.13. The minimum Gasteiger partial charge on any atom is -0.388 e. The van der Waals surface area contributed by atoms with Crippen LogP contribution in [-0.4, -0.2) is 68.4 Å². The Kier molecular flexibility index (Phi) is 4.99. The molecule has 0 saturated carbocycles. The van der Waals surface area contributed by atoms with Crippen molar-refractivity contribution < 1.29 is 14.9 Å². The standard InChI is InChI=1S/C17H26N3O3PS/c1-10-18-15-11(17(25)19(10)2)6-8-20(15)16-14(22)13(21)12(23-16)7-9-24(3,4)5/h6,8,12-14,16,21-22H,3,7,9H2,1-2,4-5H3/t12-,13-,14-,16-/m1/s1. The Hall–Kier alpha value is -0.980. The fraction of sp³-hybridized carbons (Fsp3) is 0.588. The van der Waals surface area contributed by atoms with Crippen molar-refractivity contribution in [3.8, 4) is 0 Å². The van der Waals surface area contributed by atoms with Crippen molar-refractivity contribution in [1.82, 2.24) is 14.1 Å². The third-order valence-electron chi connectivity index (χ3n) is 4.81. The minimum atomic E-state index is -1.21. The van der Waals surface area contributed by atoms with Crippen molar-refractivity contribution >= 4 is 36.4 Å². The van der Waals surface area contributed by atoms with Crippen LogP contribution in [0.3, 0.4) is 0 Å². The Labute approximate surface area is 153 Å². The van der Waals surface area contributed by atoms with Gasteiger partial charge in [0.05, 0.1) is 11.5 Å². The molecule has 25 heavy (non-hydrogen) atoms. The number of hydrogen-bond donors (Lipinski definition) is 2. The number of rotatable bonds is 4. The zero-order chi connectivity index (χ0) is 18.5. The predicted molar refractivity (Wildman–Crippen MR) is 106 cm³/mol. The molecule has 1 fully saturated rings. The van der Waals surface area contributed by atoms with E-state index in [1.807, 2.05) is 30.8 Å². The summed E-state index contributed by atoms with van der Waals surface area (Å²) in [5, 5.41) is 21.8. The lowest BCUT2D eigenvalue weighted by atomic mass is 10.1. The maximum absolute atomic E-state index is 10.5. The summed E-state index contributed by atoms with van der Waals surface area (Å²) in [5.74, 6) is 0.783. The summed E-state index contributed by atoms with van der Waals surface area (Å²) in [4.78, 5) is 4.59. The van der Waals surface area contributed by atoms with E-state index in [2.05, 4.69) is 24.6 Å². The van der Waals surface area contributed by atoms with Gasteiger partial charge in [-0.15, -0.1) is 13.2 Å². The molecule has 138 valence electrons. The van der Waals surface area contributed by atoms with E-state index in [0.717, 1.165) is 17.4 Å². The summed E-state index contributed by atoms with van der Waals surface area (Å²) in [7, 11) is 1.88. The van der Waals surface area contributed by atoms with Crippen LogP contribution in [0.1, 0.15) is 18.5 Å². The highest BCUT2D eigenvalue weighted by Gasteiger charge is 2.43. The van der Waals surface area contributed by atoms with Crippen LogP contribution < -0.4 is 0 Å². The van der Waals surface area contributed by atoms with E-state index in [1.54, 1.807) is 4.57 Å². The average Bonchev–Trinajstić information content (AvgIpc) is 3.05. The van der Waals surface area contributed by atoms with Crippen LogP contribution in [0.15, 0.2) is 12.3 Å². The largest absolute Gasteiger partial charge is 0.388 e. The van der Waals surface area contributed by atoms with Crippen LogP contribution in [0.25, 0.3) is 11.0 Å². The van der Waals surface area contributed by atoms with Crippen molar-refractivity contribution in [3.63, 3.8) is 0 Å². The molecule has 3 heterocycles. The van der Waals surface area contributed by atoms with Gasteiger partial charge < -0.3 is 24.1 Å². The van der Waals surface area contributed by atoms with E-state index in [9.17, 15) is 10.2 Å². The molecule has 8 heteroatoms. The van der Waals surface area contributed by atoms with Crippen molar-refractivity contribution in [1.29, 1.82) is 0 Å². The summed E-state index contributed by atoms with van der Waals surface area (Å²) in [6, 6.07) is 1.88. The molecule has 0 bridgehead atoms. The normalized spacial score (nSPS) is 27.3. The first-order chi connectivity index (χ1) is 11.6. The molecular weight excluding hydrogens is 357 g/mol. The van der Waals surface area contributed by atoms with Gasteiger partial charge in [0, 0.05) is 13.2 Å². The molecule has 6 nitrogen and oxygen atoms in total. The number of aromatic nitrogens is 3. The first kappa shape index (κ1) is 18.8. The molecule has 2 aromatic rings. The molecular formula is C17H26N3O3PS. The number of aliphatic hydroxyl groups excluding tert-OH is 2. The minimum absolute atomic E-state index is 0.401. The van der Waals surface area contributed by atoms with Crippen molar-refractivity contribution in [3.05, 3.63) is 22.7 Å². The van der Waals surface area contributed by atoms with Gasteiger partial charge in [-0.3, -0.25) is 0 Å². The lowest BCUT2D eigenvalue weighted by molar-refractivity contribution is -0.0350. The molecule has 3 rings (SSSR count). The summed E-state index contributed by atoms with van der Waals surface area (Å²) in [6.07, 6.45) is 4.61. The molecule has 0 amide bonds. The van der Waals surface area contributed by atoms with Crippen LogP contribution in [0.5, 0.6) is 0 Å². The Balaban J connectivity index is 1.93. The Morgan fingerprint density at radius 2 is 2.04 bits per heavy atom. The van der Waals surface area contributed by atoms with Crippen LogP contribution in [-0.2, 0) is 11.8 Å². The first-order valence-electron chi connectivity index (χ1n) is 8.33. The highest BCUT2D eigenvalue weighted by atomic mass is 32.1. The molecule has 1 saturated heterocycles. The third-order valence-corrected chi connectivity index (χ3v) is 6.77. The quantitative estimate of drug-likeness (QED) is 0.625. The highest BCUT2D eigenvalue weighted by molar-refractivity contribution is 7.72. The maximum Gasteiger partial charge on any atom is 0.164 e. The molecule has 2 N–H and O–H groups in total. The van der Waals surface area contributed by atoms with Gasteiger partial charge in [-0.1, -0.05) is 12.2 Å². The van der Waals surface area contributed by atoms with Gasteiger partial charge in [0.2, 0.25) is 0 Å². The van der Waals surface area contributed by atoms with E-state index < -0.39 is 31.4 Å². The number of hydrogen-bond acceptors (Lipinski definition) is 5. The van der Waals surface area contributed by atoms with Gasteiger partial charge in [0.25, 0.3) is 0 Å². The SMILES string of the molecule is C=P(C)(C)CC[C@H]1O[C@@H](n2ccc3c(=S)n(C)c(C)nc32)[C@H](O)[C@@H]1O. The number of ether oxygens (including phenoxy) is 1. The van der Waals surface area contributed by atoms with Gasteiger partial charge in [0.1, 0.15) is 28.3 Å². The van der Waals surface area contributed by atoms with Gasteiger partial charge >= 0.3 is 0 Å². The Morgan fingerprint density at radius 3 is 2.68 bits per heavy atom. The summed E-state index contributed by atoms with van der Waals surface area (Å²) in [6.45, 7) is 4.98. The number of nitrogens with zero attached hydrogens (tertiary/aromatic N) is 3. The zero-order valence-corrected chi connectivity index (χ0v) is 16.8. The lowest BCUT2D eigenvalue weighted by Crippen LogP contribution is -2.31. The number of fused-ring (bicyclic) bond motifs is 1. The lowest BCUT2D eigenvalue weighted by Gasteiger charge is -2.19. The molecule has 0 radical (unpaired) electrons. The summed E-state index contributed by atoms with van der Waals surface area (Å²) < 4.78 is 10.3. The maximum atomic E-state index is 10.5. The Morgan fingerprint density at radius 1 is 1.36 bits per heavy atom. The molecule has 0 aliphatic carbocycles. The molecule has 2 aromatic heterocycles. The fourth-order valence-electron chi connectivity index (χ4n) is 3.16. The van der Waals surface area contributed by atoms with Gasteiger partial charge in [0.15, 0.2) is 6.23 Å².